The van der Waals surface area contributed by atoms with Crippen LogP contribution >= 0.6 is 0 Å². The van der Waals surface area contributed by atoms with E-state index in [0.29, 0.717) is 0 Å². The second-order valence-corrected chi connectivity index (χ2v) is 2.89. The van der Waals surface area contributed by atoms with Crippen molar-refractivity contribution in [3.05, 3.63) is 0 Å². The molecule has 50 valence electrons. The van der Waals surface area contributed by atoms with Gasteiger partial charge in [-0.2, -0.15) is 0 Å². The van der Waals surface area contributed by atoms with Crippen molar-refractivity contribution in [2.45, 2.75) is 12.5 Å². The summed E-state index contributed by atoms with van der Waals surface area (Å²) in [4.78, 5) is 0. The minimum Gasteiger partial charge on any atom is -0.330 e. The largest absolute Gasteiger partial charge is 0.330 e. The zero-order valence-electron chi connectivity index (χ0n) is 5.61. The summed E-state index contributed by atoms with van der Waals surface area (Å²) in [5, 5.41) is 3.29. The smallest absolute Gasteiger partial charge is 0.00440 e. The average Bonchev–Trinajstić information content (AvgIpc) is 1.81. The van der Waals surface area contributed by atoms with E-state index in [4.69, 9.17) is 5.73 Å². The van der Waals surface area contributed by atoms with E-state index in [9.17, 15) is 0 Å². The van der Waals surface area contributed by atoms with E-state index in [1.54, 1.807) is 0 Å². The molecule has 3 N–H and O–H groups in total. The molecular weight excluding hydrogens is 116 g/mol. The third-order valence-corrected chi connectivity index (χ3v) is 1.48. The first-order valence-electron chi connectivity index (χ1n) is 3.32. The number of nitrogens with two attached hydrogens (primary N) is 1. The van der Waals surface area contributed by atoms with Crippen molar-refractivity contribution in [3.8, 4) is 0 Å². The van der Waals surface area contributed by atoms with Gasteiger partial charge in [0.2, 0.25) is 0 Å². The van der Waals surface area contributed by atoms with Gasteiger partial charge >= 0.3 is 0 Å². The van der Waals surface area contributed by atoms with Crippen LogP contribution in [0.25, 0.3) is 0 Å². The standard InChI is InChI=1S/C5H16N2Si/c6-2-1-3-7-4-5-8/h7H,1-6H2,8H3. The molecule has 3 heteroatoms. The molecule has 0 aromatic carbocycles. The Kier molecular flexibility index (Phi) is 7.26. The first-order chi connectivity index (χ1) is 3.91. The predicted octanol–water partition coefficient (Wildman–Crippen LogP) is -1.29. The predicted molar refractivity (Wildman–Crippen MR) is 41.3 cm³/mol. The van der Waals surface area contributed by atoms with E-state index >= 15 is 0 Å². The third-order valence-electron chi connectivity index (χ3n) is 0.984. The van der Waals surface area contributed by atoms with Crippen molar-refractivity contribution in [3.63, 3.8) is 0 Å². The normalized spacial score (nSPS) is 10.1. The minimum atomic E-state index is 0.814. The highest BCUT2D eigenvalue weighted by Gasteiger charge is 1.80. The van der Waals surface area contributed by atoms with Crippen molar-refractivity contribution in [1.29, 1.82) is 0 Å². The Morgan fingerprint density at radius 3 is 2.62 bits per heavy atom. The summed E-state index contributed by atoms with van der Waals surface area (Å²) in [7, 11) is 1.31. The summed E-state index contributed by atoms with van der Waals surface area (Å²) in [5.41, 5.74) is 5.28. The van der Waals surface area contributed by atoms with E-state index in [0.717, 1.165) is 19.5 Å². The molecule has 2 nitrogen and oxygen atoms in total. The van der Waals surface area contributed by atoms with E-state index in [1.807, 2.05) is 0 Å². The van der Waals surface area contributed by atoms with Gasteiger partial charge in [0.05, 0.1) is 0 Å². The van der Waals surface area contributed by atoms with E-state index < -0.39 is 0 Å². The fourth-order valence-corrected chi connectivity index (χ4v) is 0.882. The van der Waals surface area contributed by atoms with E-state index in [-0.39, 0.29) is 0 Å². The first kappa shape index (κ1) is 8.14. The Hall–Kier alpha value is 0.137. The summed E-state index contributed by atoms with van der Waals surface area (Å²) < 4.78 is 0. The van der Waals surface area contributed by atoms with Crippen LogP contribution in [-0.2, 0) is 0 Å². The number of nitrogens with one attached hydrogen (secondary N) is 1. The molecule has 0 aliphatic rings. The van der Waals surface area contributed by atoms with Gasteiger partial charge in [-0.15, -0.1) is 0 Å². The third kappa shape index (κ3) is 6.14. The number of hydrogen-bond donors (Lipinski definition) is 2. The molecule has 0 saturated heterocycles. The zero-order chi connectivity index (χ0) is 6.24. The minimum absolute atomic E-state index is 0.814. The van der Waals surface area contributed by atoms with Gasteiger partial charge in [-0.25, -0.2) is 0 Å². The molecule has 0 aliphatic heterocycles. The quantitative estimate of drug-likeness (QED) is 0.361. The van der Waals surface area contributed by atoms with Gasteiger partial charge in [0, 0.05) is 10.2 Å². The van der Waals surface area contributed by atoms with Crippen LogP contribution in [0.5, 0.6) is 0 Å². The van der Waals surface area contributed by atoms with Crippen molar-refractivity contribution in [1.82, 2.24) is 5.32 Å². The summed E-state index contributed by atoms with van der Waals surface area (Å²) >= 11 is 0. The SMILES string of the molecule is NCCCNCC[SiH3]. The molecule has 0 atom stereocenters. The highest BCUT2D eigenvalue weighted by Crippen LogP contribution is 1.70. The molecule has 0 heterocycles. The molecule has 0 aromatic rings. The van der Waals surface area contributed by atoms with Crippen molar-refractivity contribution >= 4 is 10.2 Å². The molecule has 0 radical (unpaired) electrons. The van der Waals surface area contributed by atoms with Crippen molar-refractivity contribution in [2.75, 3.05) is 19.6 Å². The lowest BCUT2D eigenvalue weighted by Crippen LogP contribution is -2.18. The van der Waals surface area contributed by atoms with Crippen LogP contribution in [0.15, 0.2) is 0 Å². The Labute approximate surface area is 54.3 Å². The maximum atomic E-state index is 5.28. The van der Waals surface area contributed by atoms with E-state index in [1.165, 1.54) is 22.8 Å². The van der Waals surface area contributed by atoms with Crippen LogP contribution in [0.4, 0.5) is 0 Å². The second-order valence-electron chi connectivity index (χ2n) is 1.89. The summed E-state index contributed by atoms with van der Waals surface area (Å²) in [5.74, 6) is 0. The Morgan fingerprint density at radius 2 is 2.12 bits per heavy atom. The Bertz CT molecular complexity index is 35.4. The fraction of sp³-hybridized carbons (Fsp3) is 1.00. The molecule has 0 aromatic heterocycles. The lowest BCUT2D eigenvalue weighted by molar-refractivity contribution is 0.679. The summed E-state index contributed by atoms with van der Waals surface area (Å²) in [6.07, 6.45) is 1.11. The molecule has 8 heavy (non-hydrogen) atoms. The molecule has 0 spiro atoms. The number of hydrogen-bond acceptors (Lipinski definition) is 2. The molecule has 0 fully saturated rings. The van der Waals surface area contributed by atoms with Crippen molar-refractivity contribution < 1.29 is 0 Å². The molecule has 0 aliphatic carbocycles. The van der Waals surface area contributed by atoms with Gasteiger partial charge in [0.1, 0.15) is 0 Å². The Balaban J connectivity index is 2.53. The Morgan fingerprint density at radius 1 is 1.38 bits per heavy atom. The fourth-order valence-electron chi connectivity index (χ4n) is 0.529. The van der Waals surface area contributed by atoms with Crippen LogP contribution in [-0.4, -0.2) is 29.9 Å². The lowest BCUT2D eigenvalue weighted by atomic mass is 10.4. The average molecular weight is 132 g/mol. The highest BCUT2D eigenvalue weighted by molar-refractivity contribution is 6.08. The number of rotatable bonds is 5. The van der Waals surface area contributed by atoms with Crippen LogP contribution < -0.4 is 11.1 Å². The maximum Gasteiger partial charge on any atom is 0.00440 e. The van der Waals surface area contributed by atoms with Gasteiger partial charge < -0.3 is 11.1 Å². The van der Waals surface area contributed by atoms with Crippen LogP contribution in [0.2, 0.25) is 6.04 Å². The topological polar surface area (TPSA) is 38.0 Å². The lowest BCUT2D eigenvalue weighted by Gasteiger charge is -1.98. The first-order valence-corrected chi connectivity index (χ1v) is 4.74. The molecule has 0 saturated carbocycles. The highest BCUT2D eigenvalue weighted by atomic mass is 28.1. The zero-order valence-corrected chi connectivity index (χ0v) is 7.61. The van der Waals surface area contributed by atoms with Crippen LogP contribution in [0.3, 0.4) is 0 Å². The van der Waals surface area contributed by atoms with Crippen LogP contribution in [0.1, 0.15) is 6.42 Å². The second kappa shape index (κ2) is 7.14. The molecular formula is C5H16N2Si. The summed E-state index contributed by atoms with van der Waals surface area (Å²) in [6.45, 7) is 3.10. The molecule has 0 bridgehead atoms. The maximum absolute atomic E-state index is 5.28. The molecule has 0 rings (SSSR count). The van der Waals surface area contributed by atoms with E-state index in [2.05, 4.69) is 5.32 Å². The van der Waals surface area contributed by atoms with Gasteiger partial charge in [-0.3, -0.25) is 0 Å². The van der Waals surface area contributed by atoms with Gasteiger partial charge in [-0.1, -0.05) is 6.04 Å². The van der Waals surface area contributed by atoms with Gasteiger partial charge in [0.25, 0.3) is 0 Å². The summed E-state index contributed by atoms with van der Waals surface area (Å²) in [6, 6.07) is 1.35. The van der Waals surface area contributed by atoms with Crippen LogP contribution in [0, 0.1) is 0 Å². The monoisotopic (exact) mass is 132 g/mol. The molecule has 0 unspecified atom stereocenters. The van der Waals surface area contributed by atoms with Crippen molar-refractivity contribution in [2.24, 2.45) is 5.73 Å². The van der Waals surface area contributed by atoms with Gasteiger partial charge in [-0.05, 0) is 26.1 Å². The molecule has 0 amide bonds. The van der Waals surface area contributed by atoms with Gasteiger partial charge in [0.15, 0.2) is 0 Å².